The SMILES string of the molecule is CCC(=O)OC(=O)c1cc(C)co1. The van der Waals surface area contributed by atoms with Gasteiger partial charge in [0, 0.05) is 6.42 Å². The molecule has 0 atom stereocenters. The van der Waals surface area contributed by atoms with Gasteiger partial charge >= 0.3 is 11.9 Å². The third-order valence-corrected chi connectivity index (χ3v) is 1.43. The summed E-state index contributed by atoms with van der Waals surface area (Å²) >= 11 is 0. The Hall–Kier alpha value is -1.58. The van der Waals surface area contributed by atoms with Crippen molar-refractivity contribution in [3.63, 3.8) is 0 Å². The van der Waals surface area contributed by atoms with Gasteiger partial charge in [-0.25, -0.2) is 4.79 Å². The van der Waals surface area contributed by atoms with Crippen LogP contribution in [0.2, 0.25) is 0 Å². The zero-order chi connectivity index (χ0) is 9.84. The molecule has 1 rings (SSSR count). The minimum atomic E-state index is -0.736. The first-order valence-corrected chi connectivity index (χ1v) is 3.93. The second-order valence-corrected chi connectivity index (χ2v) is 2.60. The lowest BCUT2D eigenvalue weighted by Crippen LogP contribution is -2.10. The van der Waals surface area contributed by atoms with E-state index in [1.807, 2.05) is 0 Å². The zero-order valence-electron chi connectivity index (χ0n) is 7.49. The molecule has 1 aromatic rings. The summed E-state index contributed by atoms with van der Waals surface area (Å²) in [4.78, 5) is 21.8. The standard InChI is InChI=1S/C9H10O4/c1-3-8(10)13-9(11)7-4-6(2)5-12-7/h4-5H,3H2,1-2H3. The summed E-state index contributed by atoms with van der Waals surface area (Å²) in [7, 11) is 0. The predicted octanol–water partition coefficient (Wildman–Crippen LogP) is 1.68. The minimum absolute atomic E-state index is 0.0549. The predicted molar refractivity (Wildman–Crippen MR) is 44.2 cm³/mol. The molecule has 0 aliphatic carbocycles. The number of aryl methyl sites for hydroxylation is 1. The van der Waals surface area contributed by atoms with Crippen LogP contribution in [-0.4, -0.2) is 11.9 Å². The molecule has 0 fully saturated rings. The molecule has 0 bridgehead atoms. The number of furan rings is 1. The number of ether oxygens (including phenoxy) is 1. The van der Waals surface area contributed by atoms with Crippen LogP contribution in [0.3, 0.4) is 0 Å². The van der Waals surface area contributed by atoms with Crippen LogP contribution in [0.25, 0.3) is 0 Å². The molecular weight excluding hydrogens is 172 g/mol. The molecule has 1 heterocycles. The Balaban J connectivity index is 2.64. The highest BCUT2D eigenvalue weighted by Crippen LogP contribution is 2.07. The lowest BCUT2D eigenvalue weighted by atomic mass is 10.3. The highest BCUT2D eigenvalue weighted by atomic mass is 16.6. The maximum atomic E-state index is 11.1. The van der Waals surface area contributed by atoms with E-state index < -0.39 is 11.9 Å². The summed E-state index contributed by atoms with van der Waals surface area (Å²) < 4.78 is 9.27. The van der Waals surface area contributed by atoms with E-state index in [1.54, 1.807) is 13.8 Å². The number of carbonyl (C=O) groups excluding carboxylic acids is 2. The molecule has 0 radical (unpaired) electrons. The fourth-order valence-electron chi connectivity index (χ4n) is 0.764. The second-order valence-electron chi connectivity index (χ2n) is 2.60. The molecule has 0 aliphatic heterocycles. The van der Waals surface area contributed by atoms with Crippen molar-refractivity contribution >= 4 is 11.9 Å². The van der Waals surface area contributed by atoms with Crippen LogP contribution in [0.1, 0.15) is 29.5 Å². The van der Waals surface area contributed by atoms with Gasteiger partial charge in [-0.15, -0.1) is 0 Å². The Morgan fingerprint density at radius 3 is 2.69 bits per heavy atom. The van der Waals surface area contributed by atoms with Gasteiger partial charge in [0.15, 0.2) is 0 Å². The van der Waals surface area contributed by atoms with Gasteiger partial charge < -0.3 is 9.15 Å². The number of carbonyl (C=O) groups is 2. The van der Waals surface area contributed by atoms with Crippen LogP contribution in [0.4, 0.5) is 0 Å². The monoisotopic (exact) mass is 182 g/mol. The number of rotatable bonds is 2. The van der Waals surface area contributed by atoms with Crippen LogP contribution in [0.5, 0.6) is 0 Å². The molecule has 0 N–H and O–H groups in total. The molecule has 0 saturated carbocycles. The van der Waals surface area contributed by atoms with Crippen molar-refractivity contribution in [2.24, 2.45) is 0 Å². The molecule has 0 aromatic carbocycles. The molecule has 0 aliphatic rings. The molecular formula is C9H10O4. The number of esters is 2. The van der Waals surface area contributed by atoms with E-state index >= 15 is 0 Å². The lowest BCUT2D eigenvalue weighted by Gasteiger charge is -1.96. The smallest absolute Gasteiger partial charge is 0.381 e. The molecule has 0 unspecified atom stereocenters. The van der Waals surface area contributed by atoms with E-state index in [0.29, 0.717) is 0 Å². The summed E-state index contributed by atoms with van der Waals surface area (Å²) in [6, 6.07) is 1.52. The molecule has 4 nitrogen and oxygen atoms in total. The van der Waals surface area contributed by atoms with Crippen LogP contribution < -0.4 is 0 Å². The van der Waals surface area contributed by atoms with Gasteiger partial charge in [0.2, 0.25) is 5.76 Å². The minimum Gasteiger partial charge on any atom is -0.457 e. The Kier molecular flexibility index (Phi) is 2.84. The first-order chi connectivity index (χ1) is 6.13. The quantitative estimate of drug-likeness (QED) is 0.515. The average molecular weight is 182 g/mol. The fraction of sp³-hybridized carbons (Fsp3) is 0.333. The Labute approximate surface area is 75.5 Å². The van der Waals surface area contributed by atoms with Gasteiger partial charge in [-0.2, -0.15) is 0 Å². The lowest BCUT2D eigenvalue weighted by molar-refractivity contribution is -0.137. The van der Waals surface area contributed by atoms with E-state index in [2.05, 4.69) is 4.74 Å². The Morgan fingerprint density at radius 1 is 1.54 bits per heavy atom. The van der Waals surface area contributed by atoms with Crippen LogP contribution in [0.15, 0.2) is 16.7 Å². The van der Waals surface area contributed by atoms with Gasteiger partial charge in [-0.05, 0) is 18.6 Å². The highest BCUT2D eigenvalue weighted by Gasteiger charge is 2.14. The van der Waals surface area contributed by atoms with Crippen molar-refractivity contribution in [2.75, 3.05) is 0 Å². The van der Waals surface area contributed by atoms with Crippen molar-refractivity contribution < 1.29 is 18.7 Å². The molecule has 13 heavy (non-hydrogen) atoms. The van der Waals surface area contributed by atoms with Crippen LogP contribution in [0, 0.1) is 6.92 Å². The number of hydrogen-bond donors (Lipinski definition) is 0. The molecule has 4 heteroatoms. The topological polar surface area (TPSA) is 56.5 Å². The maximum absolute atomic E-state index is 11.1. The van der Waals surface area contributed by atoms with Crippen LogP contribution >= 0.6 is 0 Å². The molecule has 1 aromatic heterocycles. The van der Waals surface area contributed by atoms with Gasteiger partial charge in [-0.3, -0.25) is 4.79 Å². The first kappa shape index (κ1) is 9.51. The van der Waals surface area contributed by atoms with Crippen molar-refractivity contribution in [1.29, 1.82) is 0 Å². The molecule has 0 amide bonds. The summed E-state index contributed by atoms with van der Waals surface area (Å²) in [5.41, 5.74) is 0.816. The van der Waals surface area contributed by atoms with Crippen LogP contribution in [-0.2, 0) is 9.53 Å². The van der Waals surface area contributed by atoms with E-state index in [9.17, 15) is 9.59 Å². The summed E-state index contributed by atoms with van der Waals surface area (Å²) in [5.74, 6) is -1.24. The number of hydrogen-bond acceptors (Lipinski definition) is 4. The van der Waals surface area contributed by atoms with E-state index in [0.717, 1.165) is 5.56 Å². The fourth-order valence-corrected chi connectivity index (χ4v) is 0.764. The highest BCUT2D eigenvalue weighted by molar-refractivity contribution is 5.94. The normalized spacial score (nSPS) is 9.69. The van der Waals surface area contributed by atoms with Gasteiger partial charge in [0.05, 0.1) is 6.26 Å². The van der Waals surface area contributed by atoms with Gasteiger partial charge in [-0.1, -0.05) is 6.92 Å². The van der Waals surface area contributed by atoms with Gasteiger partial charge in [0.1, 0.15) is 0 Å². The molecule has 0 spiro atoms. The van der Waals surface area contributed by atoms with Crippen molar-refractivity contribution in [3.8, 4) is 0 Å². The van der Waals surface area contributed by atoms with Crippen molar-refractivity contribution in [2.45, 2.75) is 20.3 Å². The van der Waals surface area contributed by atoms with E-state index in [-0.39, 0.29) is 12.2 Å². The van der Waals surface area contributed by atoms with Crippen molar-refractivity contribution in [1.82, 2.24) is 0 Å². The molecule has 0 saturated heterocycles. The average Bonchev–Trinajstić information content (AvgIpc) is 2.51. The van der Waals surface area contributed by atoms with E-state index in [1.165, 1.54) is 12.3 Å². The van der Waals surface area contributed by atoms with E-state index in [4.69, 9.17) is 4.42 Å². The zero-order valence-corrected chi connectivity index (χ0v) is 7.49. The van der Waals surface area contributed by atoms with Gasteiger partial charge in [0.25, 0.3) is 0 Å². The largest absolute Gasteiger partial charge is 0.457 e. The Bertz CT molecular complexity index is 324. The third-order valence-electron chi connectivity index (χ3n) is 1.43. The maximum Gasteiger partial charge on any atom is 0.381 e. The summed E-state index contributed by atoms with van der Waals surface area (Å²) in [6.07, 6.45) is 1.60. The third kappa shape index (κ3) is 2.43. The molecule has 70 valence electrons. The first-order valence-electron chi connectivity index (χ1n) is 3.93. The Morgan fingerprint density at radius 2 is 2.23 bits per heavy atom. The summed E-state index contributed by atoms with van der Waals surface area (Å²) in [6.45, 7) is 3.39. The summed E-state index contributed by atoms with van der Waals surface area (Å²) in [5, 5.41) is 0. The second kappa shape index (κ2) is 3.89. The van der Waals surface area contributed by atoms with Crippen molar-refractivity contribution in [3.05, 3.63) is 23.7 Å².